The highest BCUT2D eigenvalue weighted by Gasteiger charge is 2.14. The standard InChI is InChI=1S/C12H18N4O2/c1-3-9-10(5-13)12(14-6-8(18)7-17)16-15-11(9)4-2/h8,17-18H,3-4,6-7H2,1-2H3,(H,14,16). The summed E-state index contributed by atoms with van der Waals surface area (Å²) in [6.07, 6.45) is 0.553. The molecule has 1 atom stereocenters. The van der Waals surface area contributed by atoms with Crippen LogP contribution in [-0.2, 0) is 12.8 Å². The lowest BCUT2D eigenvalue weighted by Crippen LogP contribution is -2.24. The van der Waals surface area contributed by atoms with Crippen LogP contribution in [-0.4, -0.2) is 39.7 Å². The van der Waals surface area contributed by atoms with Crippen LogP contribution in [0.15, 0.2) is 0 Å². The third-order valence-electron chi connectivity index (χ3n) is 2.67. The zero-order valence-corrected chi connectivity index (χ0v) is 10.6. The van der Waals surface area contributed by atoms with Gasteiger partial charge in [-0.1, -0.05) is 13.8 Å². The van der Waals surface area contributed by atoms with Crippen LogP contribution in [0.5, 0.6) is 0 Å². The molecule has 0 bridgehead atoms. The Morgan fingerprint density at radius 3 is 2.56 bits per heavy atom. The van der Waals surface area contributed by atoms with Crippen LogP contribution in [0.1, 0.15) is 30.7 Å². The Morgan fingerprint density at radius 1 is 1.33 bits per heavy atom. The number of nitriles is 1. The predicted octanol–water partition coefficient (Wildman–Crippen LogP) is 0.238. The molecule has 1 rings (SSSR count). The molecule has 0 spiro atoms. The third kappa shape index (κ3) is 3.15. The topological polar surface area (TPSA) is 102 Å². The van der Waals surface area contributed by atoms with Gasteiger partial charge < -0.3 is 15.5 Å². The SMILES string of the molecule is CCc1nnc(NCC(O)CO)c(C#N)c1CC. The van der Waals surface area contributed by atoms with Crippen LogP contribution in [0, 0.1) is 11.3 Å². The van der Waals surface area contributed by atoms with E-state index in [1.807, 2.05) is 13.8 Å². The molecule has 0 aliphatic heterocycles. The van der Waals surface area contributed by atoms with E-state index < -0.39 is 6.10 Å². The number of rotatable bonds is 6. The highest BCUT2D eigenvalue weighted by atomic mass is 16.3. The van der Waals surface area contributed by atoms with Crippen molar-refractivity contribution in [3.05, 3.63) is 16.8 Å². The van der Waals surface area contributed by atoms with Crippen molar-refractivity contribution < 1.29 is 10.2 Å². The van der Waals surface area contributed by atoms with Crippen molar-refractivity contribution in [2.45, 2.75) is 32.8 Å². The van der Waals surface area contributed by atoms with E-state index >= 15 is 0 Å². The number of hydrogen-bond donors (Lipinski definition) is 3. The second-order valence-corrected chi connectivity index (χ2v) is 3.89. The maximum Gasteiger partial charge on any atom is 0.167 e. The highest BCUT2D eigenvalue weighted by Crippen LogP contribution is 2.19. The van der Waals surface area contributed by atoms with Crippen LogP contribution in [0.3, 0.4) is 0 Å². The Hall–Kier alpha value is -1.71. The normalized spacial score (nSPS) is 11.9. The van der Waals surface area contributed by atoms with Crippen molar-refractivity contribution in [3.63, 3.8) is 0 Å². The van der Waals surface area contributed by atoms with Crippen molar-refractivity contribution >= 4 is 5.82 Å². The molecule has 6 heteroatoms. The fourth-order valence-corrected chi connectivity index (χ4v) is 1.70. The molecule has 1 aromatic rings. The minimum Gasteiger partial charge on any atom is -0.394 e. The van der Waals surface area contributed by atoms with Gasteiger partial charge in [0, 0.05) is 6.54 Å². The average Bonchev–Trinajstić information content (AvgIpc) is 2.43. The number of aromatic nitrogens is 2. The number of aliphatic hydroxyl groups excluding tert-OH is 2. The quantitative estimate of drug-likeness (QED) is 0.668. The Labute approximate surface area is 106 Å². The van der Waals surface area contributed by atoms with Crippen LogP contribution < -0.4 is 5.32 Å². The predicted molar refractivity (Wildman–Crippen MR) is 67.1 cm³/mol. The van der Waals surface area contributed by atoms with Gasteiger partial charge in [-0.15, -0.1) is 5.10 Å². The molecule has 1 heterocycles. The van der Waals surface area contributed by atoms with Gasteiger partial charge in [0.25, 0.3) is 0 Å². The maximum atomic E-state index is 9.27. The number of hydrogen-bond acceptors (Lipinski definition) is 6. The fraction of sp³-hybridized carbons (Fsp3) is 0.583. The molecule has 0 fully saturated rings. The molecule has 1 unspecified atom stereocenters. The number of aryl methyl sites for hydroxylation is 1. The number of nitrogens with one attached hydrogen (secondary N) is 1. The summed E-state index contributed by atoms with van der Waals surface area (Å²) >= 11 is 0. The summed E-state index contributed by atoms with van der Waals surface area (Å²) in [6, 6.07) is 2.12. The van der Waals surface area contributed by atoms with E-state index in [-0.39, 0.29) is 13.2 Å². The zero-order chi connectivity index (χ0) is 13.5. The molecule has 0 saturated carbocycles. The molecule has 0 amide bonds. The van der Waals surface area contributed by atoms with Gasteiger partial charge >= 0.3 is 0 Å². The minimum atomic E-state index is -0.880. The second kappa shape index (κ2) is 6.89. The number of anilines is 1. The lowest BCUT2D eigenvalue weighted by Gasteiger charge is -2.13. The largest absolute Gasteiger partial charge is 0.394 e. The molecule has 0 aromatic carbocycles. The van der Waals surface area contributed by atoms with E-state index in [1.54, 1.807) is 0 Å². The van der Waals surface area contributed by atoms with Crippen molar-refractivity contribution in [3.8, 4) is 6.07 Å². The lowest BCUT2D eigenvalue weighted by molar-refractivity contribution is 0.105. The molecule has 0 aliphatic rings. The molecule has 98 valence electrons. The summed E-state index contributed by atoms with van der Waals surface area (Å²) in [5.41, 5.74) is 2.17. The van der Waals surface area contributed by atoms with E-state index in [1.165, 1.54) is 0 Å². The van der Waals surface area contributed by atoms with Crippen molar-refractivity contribution in [1.29, 1.82) is 5.26 Å². The molecule has 0 aliphatic carbocycles. The van der Waals surface area contributed by atoms with E-state index in [9.17, 15) is 10.4 Å². The van der Waals surface area contributed by atoms with Gasteiger partial charge in [-0.3, -0.25) is 0 Å². The summed E-state index contributed by atoms with van der Waals surface area (Å²) in [5, 5.41) is 38.1. The smallest absolute Gasteiger partial charge is 0.167 e. The highest BCUT2D eigenvalue weighted by molar-refractivity contribution is 5.56. The second-order valence-electron chi connectivity index (χ2n) is 3.89. The minimum absolute atomic E-state index is 0.133. The summed E-state index contributed by atoms with van der Waals surface area (Å²) in [4.78, 5) is 0. The first kappa shape index (κ1) is 14.4. The van der Waals surface area contributed by atoms with E-state index in [2.05, 4.69) is 21.6 Å². The first-order chi connectivity index (χ1) is 8.67. The van der Waals surface area contributed by atoms with Crippen LogP contribution in [0.25, 0.3) is 0 Å². The van der Waals surface area contributed by atoms with Crippen LogP contribution >= 0.6 is 0 Å². The van der Waals surface area contributed by atoms with Crippen LogP contribution in [0.4, 0.5) is 5.82 Å². The van der Waals surface area contributed by atoms with Crippen LogP contribution in [0.2, 0.25) is 0 Å². The first-order valence-corrected chi connectivity index (χ1v) is 5.99. The maximum absolute atomic E-state index is 9.27. The van der Waals surface area contributed by atoms with E-state index in [0.717, 1.165) is 17.7 Å². The fourth-order valence-electron chi connectivity index (χ4n) is 1.70. The summed E-state index contributed by atoms with van der Waals surface area (Å²) in [7, 11) is 0. The molecule has 0 saturated heterocycles. The third-order valence-corrected chi connectivity index (χ3v) is 2.67. The molecule has 0 radical (unpaired) electrons. The van der Waals surface area contributed by atoms with Gasteiger partial charge in [-0.05, 0) is 18.4 Å². The monoisotopic (exact) mass is 250 g/mol. The Kier molecular flexibility index (Phi) is 5.49. The van der Waals surface area contributed by atoms with E-state index in [4.69, 9.17) is 5.11 Å². The van der Waals surface area contributed by atoms with Gasteiger partial charge in [0.1, 0.15) is 11.6 Å². The van der Waals surface area contributed by atoms with Gasteiger partial charge in [-0.25, -0.2) is 0 Å². The summed E-state index contributed by atoms with van der Waals surface area (Å²) in [6.45, 7) is 3.72. The van der Waals surface area contributed by atoms with E-state index in [0.29, 0.717) is 17.8 Å². The molecular weight excluding hydrogens is 232 g/mol. The van der Waals surface area contributed by atoms with Crippen molar-refractivity contribution in [2.75, 3.05) is 18.5 Å². The summed E-state index contributed by atoms with van der Waals surface area (Å²) < 4.78 is 0. The molecule has 6 nitrogen and oxygen atoms in total. The Morgan fingerprint density at radius 2 is 2.06 bits per heavy atom. The molecule has 3 N–H and O–H groups in total. The molecule has 1 aromatic heterocycles. The van der Waals surface area contributed by atoms with Gasteiger partial charge in [0.2, 0.25) is 0 Å². The number of aliphatic hydroxyl groups is 2. The Bertz CT molecular complexity index is 442. The lowest BCUT2D eigenvalue weighted by atomic mass is 10.0. The average molecular weight is 250 g/mol. The van der Waals surface area contributed by atoms with Gasteiger partial charge in [0.05, 0.1) is 18.4 Å². The van der Waals surface area contributed by atoms with Crippen molar-refractivity contribution in [2.24, 2.45) is 0 Å². The van der Waals surface area contributed by atoms with Crippen molar-refractivity contribution in [1.82, 2.24) is 10.2 Å². The number of nitrogens with zero attached hydrogens (tertiary/aromatic N) is 3. The van der Waals surface area contributed by atoms with Gasteiger partial charge in [-0.2, -0.15) is 10.4 Å². The Balaban J connectivity index is 3.02. The summed E-state index contributed by atoms with van der Waals surface area (Å²) in [5.74, 6) is 0.360. The zero-order valence-electron chi connectivity index (χ0n) is 10.6. The van der Waals surface area contributed by atoms with Gasteiger partial charge in [0.15, 0.2) is 5.82 Å². The first-order valence-electron chi connectivity index (χ1n) is 5.99. The molecular formula is C12H18N4O2. The molecule has 18 heavy (non-hydrogen) atoms.